The number of hydrogen-bond donors (Lipinski definition) is 1. The Morgan fingerprint density at radius 1 is 1.37 bits per heavy atom. The van der Waals surface area contributed by atoms with E-state index >= 15 is 0 Å². The zero-order valence-corrected chi connectivity index (χ0v) is 12.3. The lowest BCUT2D eigenvalue weighted by atomic mass is 10.1. The van der Waals surface area contributed by atoms with Gasteiger partial charge in [0.1, 0.15) is 10.6 Å². The van der Waals surface area contributed by atoms with Gasteiger partial charge in [0, 0.05) is 12.3 Å². The van der Waals surface area contributed by atoms with Crippen molar-refractivity contribution < 1.29 is 9.59 Å². The summed E-state index contributed by atoms with van der Waals surface area (Å²) in [7, 11) is 0. The minimum atomic E-state index is -0.289. The molecule has 8 heteroatoms. The van der Waals surface area contributed by atoms with E-state index < -0.39 is 0 Å². The second-order valence-electron chi connectivity index (χ2n) is 4.19. The molecule has 6 nitrogen and oxygen atoms in total. The molecule has 0 bridgehead atoms. The van der Waals surface area contributed by atoms with Gasteiger partial charge in [-0.15, -0.1) is 16.4 Å². The van der Waals surface area contributed by atoms with Gasteiger partial charge in [0.15, 0.2) is 10.9 Å². The highest BCUT2D eigenvalue weighted by Gasteiger charge is 2.19. The molecule has 0 spiro atoms. The zero-order valence-electron chi connectivity index (χ0n) is 10.6. The van der Waals surface area contributed by atoms with Crippen molar-refractivity contribution in [3.8, 4) is 0 Å². The summed E-state index contributed by atoms with van der Waals surface area (Å²) in [6.07, 6.45) is 0. The van der Waals surface area contributed by atoms with E-state index in [1.165, 1.54) is 18.3 Å². The fourth-order valence-electron chi connectivity index (χ4n) is 1.38. The Labute approximate surface area is 118 Å². The Hall–Kier alpha value is -1.67. The average Bonchev–Trinajstić information content (AvgIpc) is 2.96. The number of thiazole rings is 1. The predicted octanol–water partition coefficient (Wildman–Crippen LogP) is 2.57. The number of hydrogen-bond acceptors (Lipinski definition) is 7. The minimum Gasteiger partial charge on any atom is -0.297 e. The molecule has 0 aromatic carbocycles. The highest BCUT2D eigenvalue weighted by atomic mass is 32.1. The van der Waals surface area contributed by atoms with Crippen LogP contribution in [-0.4, -0.2) is 26.3 Å². The number of carbonyl (C=O) groups is 2. The maximum atomic E-state index is 12.1. The van der Waals surface area contributed by atoms with Crippen LogP contribution in [0.3, 0.4) is 0 Å². The summed E-state index contributed by atoms with van der Waals surface area (Å²) in [5.74, 6) is -0.286. The molecule has 0 radical (unpaired) electrons. The summed E-state index contributed by atoms with van der Waals surface area (Å²) < 4.78 is 3.80. The highest BCUT2D eigenvalue weighted by molar-refractivity contribution is 7.14. The van der Waals surface area contributed by atoms with Crippen molar-refractivity contribution in [3.05, 3.63) is 21.6 Å². The number of rotatable bonds is 4. The number of nitrogens with one attached hydrogen (secondary N) is 1. The molecule has 2 aromatic rings. The van der Waals surface area contributed by atoms with Gasteiger partial charge in [-0.25, -0.2) is 4.98 Å². The molecule has 1 amide bonds. The van der Waals surface area contributed by atoms with Crippen molar-refractivity contribution in [1.82, 2.24) is 14.6 Å². The van der Waals surface area contributed by atoms with Gasteiger partial charge < -0.3 is 0 Å². The van der Waals surface area contributed by atoms with Crippen LogP contribution in [0.5, 0.6) is 0 Å². The summed E-state index contributed by atoms with van der Waals surface area (Å²) in [5.41, 5.74) is 1.03. The minimum absolute atomic E-state index is 0.126. The molecule has 100 valence electrons. The average molecular weight is 296 g/mol. The second kappa shape index (κ2) is 5.54. The van der Waals surface area contributed by atoms with Gasteiger partial charge in [0.2, 0.25) is 0 Å². The van der Waals surface area contributed by atoms with Gasteiger partial charge in [-0.1, -0.05) is 18.3 Å². The molecule has 2 rings (SSSR count). The molecule has 0 unspecified atom stereocenters. The largest absolute Gasteiger partial charge is 0.297 e. The predicted molar refractivity (Wildman–Crippen MR) is 74.1 cm³/mol. The SMILES string of the molecule is CC(=O)c1csc(NC(=O)c2snnc2C(C)C)n1. The molecule has 0 aliphatic carbocycles. The van der Waals surface area contributed by atoms with Gasteiger partial charge in [-0.2, -0.15) is 0 Å². The second-order valence-corrected chi connectivity index (χ2v) is 5.80. The van der Waals surface area contributed by atoms with E-state index in [4.69, 9.17) is 0 Å². The van der Waals surface area contributed by atoms with Crippen LogP contribution < -0.4 is 5.32 Å². The molecule has 0 aliphatic rings. The van der Waals surface area contributed by atoms with Crippen LogP contribution in [0.25, 0.3) is 0 Å². The van der Waals surface area contributed by atoms with Crippen molar-refractivity contribution in [1.29, 1.82) is 0 Å². The lowest BCUT2D eigenvalue weighted by molar-refractivity contribution is 0.100. The smallest absolute Gasteiger partial charge is 0.271 e. The van der Waals surface area contributed by atoms with Crippen molar-refractivity contribution >= 4 is 39.7 Å². The monoisotopic (exact) mass is 296 g/mol. The molecule has 0 atom stereocenters. The van der Waals surface area contributed by atoms with Crippen LogP contribution in [0.1, 0.15) is 52.5 Å². The third-order valence-electron chi connectivity index (χ3n) is 2.35. The Bertz CT molecular complexity index is 618. The highest BCUT2D eigenvalue weighted by Crippen LogP contribution is 2.22. The Morgan fingerprint density at radius 3 is 2.68 bits per heavy atom. The topological polar surface area (TPSA) is 84.8 Å². The van der Waals surface area contributed by atoms with Crippen LogP contribution in [0.2, 0.25) is 0 Å². The molecule has 0 saturated carbocycles. The summed E-state index contributed by atoms with van der Waals surface area (Å²) in [6.45, 7) is 5.33. The summed E-state index contributed by atoms with van der Waals surface area (Å²) in [4.78, 5) is 27.7. The van der Waals surface area contributed by atoms with E-state index in [0.717, 1.165) is 11.5 Å². The number of anilines is 1. The number of nitrogens with zero attached hydrogens (tertiary/aromatic N) is 3. The van der Waals surface area contributed by atoms with E-state index in [-0.39, 0.29) is 17.6 Å². The quantitative estimate of drug-likeness (QED) is 0.876. The Morgan fingerprint density at radius 2 is 2.11 bits per heavy atom. The summed E-state index contributed by atoms with van der Waals surface area (Å²) in [6, 6.07) is 0. The number of ketones is 1. The van der Waals surface area contributed by atoms with Gasteiger partial charge in [0.25, 0.3) is 5.91 Å². The molecule has 19 heavy (non-hydrogen) atoms. The molecule has 1 N–H and O–H groups in total. The lowest BCUT2D eigenvalue weighted by Gasteiger charge is -2.03. The summed E-state index contributed by atoms with van der Waals surface area (Å²) in [5, 5.41) is 8.63. The number of amides is 1. The Kier molecular flexibility index (Phi) is 4.01. The van der Waals surface area contributed by atoms with E-state index in [1.54, 1.807) is 5.38 Å². The molecule has 0 saturated heterocycles. The van der Waals surface area contributed by atoms with Crippen LogP contribution in [-0.2, 0) is 0 Å². The first-order chi connectivity index (χ1) is 8.99. The normalized spacial score (nSPS) is 10.7. The van der Waals surface area contributed by atoms with Crippen molar-refractivity contribution in [3.63, 3.8) is 0 Å². The van der Waals surface area contributed by atoms with Crippen molar-refractivity contribution in [2.24, 2.45) is 0 Å². The summed E-state index contributed by atoms with van der Waals surface area (Å²) >= 11 is 2.27. The first-order valence-corrected chi connectivity index (χ1v) is 7.24. The van der Waals surface area contributed by atoms with Gasteiger partial charge in [-0.3, -0.25) is 14.9 Å². The van der Waals surface area contributed by atoms with Gasteiger partial charge in [0.05, 0.1) is 5.69 Å². The first kappa shape index (κ1) is 13.8. The van der Waals surface area contributed by atoms with Crippen LogP contribution in [0.4, 0.5) is 5.13 Å². The number of aromatic nitrogens is 3. The first-order valence-electron chi connectivity index (χ1n) is 5.59. The molecular weight excluding hydrogens is 284 g/mol. The van der Waals surface area contributed by atoms with Crippen molar-refractivity contribution in [2.45, 2.75) is 26.7 Å². The molecular formula is C11H12N4O2S2. The molecule has 0 fully saturated rings. The van der Waals surface area contributed by atoms with Crippen LogP contribution in [0, 0.1) is 0 Å². The number of Topliss-reactive ketones (excluding diaryl/α,β-unsaturated/α-hetero) is 1. The van der Waals surface area contributed by atoms with E-state index in [0.29, 0.717) is 21.4 Å². The Balaban J connectivity index is 2.16. The standard InChI is InChI=1S/C11H12N4O2S2/c1-5(2)8-9(19-15-14-8)10(17)13-11-12-7(4-18-11)6(3)16/h4-5H,1-3H3,(H,12,13,17). The van der Waals surface area contributed by atoms with Crippen molar-refractivity contribution in [2.75, 3.05) is 5.32 Å². The zero-order chi connectivity index (χ0) is 14.0. The van der Waals surface area contributed by atoms with E-state index in [2.05, 4.69) is 19.9 Å². The maximum Gasteiger partial charge on any atom is 0.271 e. The molecule has 2 heterocycles. The molecule has 2 aromatic heterocycles. The van der Waals surface area contributed by atoms with E-state index in [1.807, 2.05) is 13.8 Å². The fourth-order valence-corrected chi connectivity index (χ4v) is 2.84. The maximum absolute atomic E-state index is 12.1. The number of carbonyl (C=O) groups excluding carboxylic acids is 2. The van der Waals surface area contributed by atoms with Gasteiger partial charge in [-0.05, 0) is 17.5 Å². The fraction of sp³-hybridized carbons (Fsp3) is 0.364. The third-order valence-corrected chi connectivity index (χ3v) is 3.85. The molecule has 0 aliphatic heterocycles. The van der Waals surface area contributed by atoms with E-state index in [9.17, 15) is 9.59 Å². The van der Waals surface area contributed by atoms with Crippen LogP contribution >= 0.6 is 22.9 Å². The van der Waals surface area contributed by atoms with Crippen LogP contribution in [0.15, 0.2) is 5.38 Å². The van der Waals surface area contributed by atoms with Gasteiger partial charge >= 0.3 is 0 Å². The third kappa shape index (κ3) is 3.02. The lowest BCUT2D eigenvalue weighted by Crippen LogP contribution is -2.13.